The topological polar surface area (TPSA) is 24.1 Å². The molecule has 2 nitrogen and oxygen atoms in total. The Kier molecular flexibility index (Phi) is 1.08. The van der Waals surface area contributed by atoms with Gasteiger partial charge in [-0.2, -0.15) is 0 Å². The summed E-state index contributed by atoms with van der Waals surface area (Å²) in [6, 6.07) is 0. The minimum absolute atomic E-state index is 0.491. The predicted octanol–water partition coefficient (Wildman–Crippen LogP) is -0.313. The molecule has 1 saturated heterocycles. The van der Waals surface area contributed by atoms with E-state index in [-0.39, 0.29) is 0 Å². The van der Waals surface area contributed by atoms with E-state index in [0.717, 1.165) is 6.54 Å². The highest BCUT2D eigenvalue weighted by atomic mass is 15.2. The van der Waals surface area contributed by atoms with Crippen LogP contribution in [0.5, 0.6) is 0 Å². The summed E-state index contributed by atoms with van der Waals surface area (Å²) in [6.45, 7) is 5.11. The number of rotatable bonds is 0. The zero-order valence-electron chi connectivity index (χ0n) is 3.86. The van der Waals surface area contributed by atoms with Crippen molar-refractivity contribution < 1.29 is 0 Å². The Labute approximate surface area is 37.9 Å². The molecule has 0 aromatic carbocycles. The predicted molar refractivity (Wildman–Crippen MR) is 24.9 cm³/mol. The van der Waals surface area contributed by atoms with Gasteiger partial charge in [0.05, 0.1) is 6.17 Å². The maximum Gasteiger partial charge on any atom is 0.0546 e. The second-order valence-electron chi connectivity index (χ2n) is 1.50. The Morgan fingerprint density at radius 3 is 2.83 bits per heavy atom. The molecule has 35 valence electrons. The molecule has 1 unspecified atom stereocenters. The molecule has 0 spiro atoms. The standard InChI is InChI=1S/C4H9N2/c1-4-5-2-3-6-4/h2,4-6H,3H2,1H3. The van der Waals surface area contributed by atoms with E-state index in [1.807, 2.05) is 6.54 Å². The lowest BCUT2D eigenvalue weighted by Gasteiger charge is -1.96. The molecule has 0 aromatic rings. The number of hydrogen-bond acceptors (Lipinski definition) is 2. The second kappa shape index (κ2) is 1.58. The first-order chi connectivity index (χ1) is 2.89. The quantitative estimate of drug-likeness (QED) is 0.421. The molecule has 1 aliphatic rings. The Balaban J connectivity index is 2.18. The van der Waals surface area contributed by atoms with Gasteiger partial charge in [-0.3, -0.25) is 5.32 Å². The van der Waals surface area contributed by atoms with Crippen LogP contribution >= 0.6 is 0 Å². The summed E-state index contributed by atoms with van der Waals surface area (Å²) in [6.07, 6.45) is 0.491. The Morgan fingerprint density at radius 1 is 1.83 bits per heavy atom. The Hall–Kier alpha value is -0.0800. The first-order valence-corrected chi connectivity index (χ1v) is 2.21. The molecule has 0 bridgehead atoms. The van der Waals surface area contributed by atoms with Crippen LogP contribution in [-0.2, 0) is 0 Å². The molecule has 2 N–H and O–H groups in total. The minimum atomic E-state index is 0.491. The third-order valence-corrected chi connectivity index (χ3v) is 0.894. The molecule has 6 heavy (non-hydrogen) atoms. The zero-order valence-corrected chi connectivity index (χ0v) is 3.86. The average molecular weight is 85.1 g/mol. The highest BCUT2D eigenvalue weighted by Gasteiger charge is 2.04. The molecule has 1 heterocycles. The first kappa shape index (κ1) is 4.09. The van der Waals surface area contributed by atoms with Crippen molar-refractivity contribution >= 4 is 0 Å². The van der Waals surface area contributed by atoms with E-state index in [0.29, 0.717) is 6.17 Å². The van der Waals surface area contributed by atoms with Gasteiger partial charge in [-0.15, -0.1) is 0 Å². The van der Waals surface area contributed by atoms with E-state index in [9.17, 15) is 0 Å². The molecule has 1 rings (SSSR count). The molecule has 0 aromatic heterocycles. The van der Waals surface area contributed by atoms with E-state index >= 15 is 0 Å². The van der Waals surface area contributed by atoms with Gasteiger partial charge in [-0.05, 0) is 6.92 Å². The van der Waals surface area contributed by atoms with E-state index in [4.69, 9.17) is 0 Å². The third kappa shape index (κ3) is 0.698. The fourth-order valence-corrected chi connectivity index (χ4v) is 0.530. The van der Waals surface area contributed by atoms with Gasteiger partial charge in [0.15, 0.2) is 0 Å². The van der Waals surface area contributed by atoms with Gasteiger partial charge in [-0.25, -0.2) is 0 Å². The highest BCUT2D eigenvalue weighted by molar-refractivity contribution is 4.77. The molecule has 0 amide bonds. The molecule has 1 radical (unpaired) electrons. The van der Waals surface area contributed by atoms with Crippen molar-refractivity contribution in [2.24, 2.45) is 0 Å². The zero-order chi connectivity index (χ0) is 4.41. The fraction of sp³-hybridized carbons (Fsp3) is 0.750. The van der Waals surface area contributed by atoms with Crippen molar-refractivity contribution in [3.05, 3.63) is 6.54 Å². The van der Waals surface area contributed by atoms with Crippen LogP contribution in [0.15, 0.2) is 0 Å². The van der Waals surface area contributed by atoms with E-state index in [1.54, 1.807) is 0 Å². The van der Waals surface area contributed by atoms with Crippen LogP contribution in [0.3, 0.4) is 0 Å². The molecule has 1 atom stereocenters. The van der Waals surface area contributed by atoms with Crippen LogP contribution < -0.4 is 10.6 Å². The maximum atomic E-state index is 3.15. The summed E-state index contributed by atoms with van der Waals surface area (Å²) >= 11 is 0. The van der Waals surface area contributed by atoms with Crippen molar-refractivity contribution in [3.8, 4) is 0 Å². The molecule has 2 heteroatoms. The van der Waals surface area contributed by atoms with Crippen LogP contribution in [0.4, 0.5) is 0 Å². The lowest BCUT2D eigenvalue weighted by Crippen LogP contribution is -2.25. The van der Waals surface area contributed by atoms with E-state index in [1.165, 1.54) is 0 Å². The van der Waals surface area contributed by atoms with Crippen molar-refractivity contribution in [1.82, 2.24) is 10.6 Å². The van der Waals surface area contributed by atoms with Crippen molar-refractivity contribution in [1.29, 1.82) is 0 Å². The Bertz CT molecular complexity index is 38.8. The van der Waals surface area contributed by atoms with Crippen molar-refractivity contribution in [3.63, 3.8) is 0 Å². The van der Waals surface area contributed by atoms with Crippen LogP contribution in [0.25, 0.3) is 0 Å². The molecule has 0 saturated carbocycles. The summed E-state index contributed by atoms with van der Waals surface area (Å²) in [5.74, 6) is 0. The molecule has 0 aliphatic carbocycles. The van der Waals surface area contributed by atoms with Crippen molar-refractivity contribution in [2.45, 2.75) is 13.1 Å². The SMILES string of the molecule is CC1N[CH]CN1. The van der Waals surface area contributed by atoms with E-state index < -0.39 is 0 Å². The van der Waals surface area contributed by atoms with Gasteiger partial charge >= 0.3 is 0 Å². The second-order valence-corrected chi connectivity index (χ2v) is 1.50. The molecule has 1 fully saturated rings. The largest absolute Gasteiger partial charge is 0.301 e. The summed E-state index contributed by atoms with van der Waals surface area (Å²) in [5.41, 5.74) is 0. The average Bonchev–Trinajstić information content (AvgIpc) is 1.86. The Morgan fingerprint density at radius 2 is 2.67 bits per heavy atom. The van der Waals surface area contributed by atoms with Crippen LogP contribution in [0.2, 0.25) is 0 Å². The van der Waals surface area contributed by atoms with Crippen LogP contribution in [0.1, 0.15) is 6.92 Å². The van der Waals surface area contributed by atoms with Crippen LogP contribution in [0, 0.1) is 6.54 Å². The first-order valence-electron chi connectivity index (χ1n) is 2.21. The van der Waals surface area contributed by atoms with Gasteiger partial charge in [-0.1, -0.05) is 0 Å². The van der Waals surface area contributed by atoms with Gasteiger partial charge < -0.3 is 5.32 Å². The molecule has 1 aliphatic heterocycles. The molecular formula is C4H9N2. The van der Waals surface area contributed by atoms with Crippen molar-refractivity contribution in [2.75, 3.05) is 6.54 Å². The number of nitrogens with one attached hydrogen (secondary N) is 2. The summed E-state index contributed by atoms with van der Waals surface area (Å²) in [7, 11) is 0. The van der Waals surface area contributed by atoms with Gasteiger partial charge in [0.25, 0.3) is 0 Å². The lowest BCUT2D eigenvalue weighted by molar-refractivity contribution is 0.613. The number of hydrogen-bond donors (Lipinski definition) is 2. The monoisotopic (exact) mass is 85.1 g/mol. The smallest absolute Gasteiger partial charge is 0.0546 e. The van der Waals surface area contributed by atoms with Crippen LogP contribution in [-0.4, -0.2) is 12.7 Å². The molecular weight excluding hydrogens is 76.1 g/mol. The summed E-state index contributed by atoms with van der Waals surface area (Å²) in [4.78, 5) is 0. The normalized spacial score (nSPS) is 25.5. The van der Waals surface area contributed by atoms with Gasteiger partial charge in [0.1, 0.15) is 0 Å². The third-order valence-electron chi connectivity index (χ3n) is 0.894. The maximum absolute atomic E-state index is 3.15. The van der Waals surface area contributed by atoms with E-state index in [2.05, 4.69) is 17.6 Å². The lowest BCUT2D eigenvalue weighted by atomic mass is 10.6. The highest BCUT2D eigenvalue weighted by Crippen LogP contribution is 1.83. The summed E-state index contributed by atoms with van der Waals surface area (Å²) in [5, 5.41) is 6.24. The summed E-state index contributed by atoms with van der Waals surface area (Å²) < 4.78 is 0. The fourth-order valence-electron chi connectivity index (χ4n) is 0.530. The minimum Gasteiger partial charge on any atom is -0.301 e. The van der Waals surface area contributed by atoms with Gasteiger partial charge in [0, 0.05) is 13.1 Å². The van der Waals surface area contributed by atoms with Gasteiger partial charge in [0.2, 0.25) is 0 Å².